The largest absolute Gasteiger partial charge is 0.326 e. The minimum atomic E-state index is -0.321. The molecule has 20 heavy (non-hydrogen) atoms. The molecule has 0 bridgehead atoms. The summed E-state index contributed by atoms with van der Waals surface area (Å²) in [4.78, 5) is 26.3. The molecule has 2 N–H and O–H groups in total. The van der Waals surface area contributed by atoms with Gasteiger partial charge in [-0.3, -0.25) is 14.5 Å². The van der Waals surface area contributed by atoms with Gasteiger partial charge in [0.15, 0.2) is 0 Å². The quantitative estimate of drug-likeness (QED) is 0.835. The lowest BCUT2D eigenvalue weighted by Gasteiger charge is -2.34. The van der Waals surface area contributed by atoms with Gasteiger partial charge in [0, 0.05) is 12.5 Å². The predicted molar refractivity (Wildman–Crippen MR) is 75.9 cm³/mol. The van der Waals surface area contributed by atoms with Crippen LogP contribution in [0.25, 0.3) is 0 Å². The molecule has 1 aliphatic carbocycles. The van der Waals surface area contributed by atoms with Gasteiger partial charge in [0.2, 0.25) is 11.8 Å². The van der Waals surface area contributed by atoms with Crippen LogP contribution < -0.4 is 5.73 Å². The third-order valence-electron chi connectivity index (χ3n) is 4.50. The Labute approximate surface area is 118 Å². The highest BCUT2D eigenvalue weighted by Gasteiger charge is 2.44. The number of hydrogen-bond donors (Lipinski definition) is 1. The van der Waals surface area contributed by atoms with Crippen molar-refractivity contribution >= 4 is 11.8 Å². The number of nitrogens with zero attached hydrogens (tertiary/aromatic N) is 1. The Morgan fingerprint density at radius 3 is 2.45 bits per heavy atom. The van der Waals surface area contributed by atoms with Gasteiger partial charge < -0.3 is 5.73 Å². The highest BCUT2D eigenvalue weighted by Crippen LogP contribution is 2.34. The summed E-state index contributed by atoms with van der Waals surface area (Å²) in [5.41, 5.74) is 7.05. The summed E-state index contributed by atoms with van der Waals surface area (Å²) in [5.74, 6) is -0.451. The molecule has 1 aromatic rings. The first kappa shape index (κ1) is 13.3. The van der Waals surface area contributed by atoms with Crippen LogP contribution in [0.1, 0.15) is 43.6 Å². The van der Waals surface area contributed by atoms with Gasteiger partial charge in [0.25, 0.3) is 0 Å². The standard InChI is InChI=1S/C16H20N2O2/c17-13-8-4-5-9-14(13)18-15(19)10-12(16(18)20)11-6-2-1-3-7-11/h1-3,6-7,12-14H,4-5,8-10,17H2/t12?,13-,14-/m1/s1. The average Bonchev–Trinajstić information content (AvgIpc) is 2.76. The second kappa shape index (κ2) is 5.37. The number of benzene rings is 1. The fourth-order valence-electron chi connectivity index (χ4n) is 3.41. The van der Waals surface area contributed by atoms with Crippen LogP contribution in [0, 0.1) is 0 Å². The minimum Gasteiger partial charge on any atom is -0.326 e. The average molecular weight is 272 g/mol. The van der Waals surface area contributed by atoms with E-state index in [1.165, 1.54) is 4.90 Å². The smallest absolute Gasteiger partial charge is 0.237 e. The maximum absolute atomic E-state index is 12.6. The number of imide groups is 1. The van der Waals surface area contributed by atoms with E-state index >= 15 is 0 Å². The van der Waals surface area contributed by atoms with Gasteiger partial charge in [-0.25, -0.2) is 0 Å². The van der Waals surface area contributed by atoms with Gasteiger partial charge in [-0.2, -0.15) is 0 Å². The van der Waals surface area contributed by atoms with E-state index in [1.54, 1.807) is 0 Å². The Hall–Kier alpha value is -1.68. The van der Waals surface area contributed by atoms with Crippen LogP contribution in [0.5, 0.6) is 0 Å². The Morgan fingerprint density at radius 2 is 1.75 bits per heavy atom. The zero-order valence-corrected chi connectivity index (χ0v) is 11.5. The number of rotatable bonds is 2. The van der Waals surface area contributed by atoms with Crippen molar-refractivity contribution in [1.82, 2.24) is 4.90 Å². The van der Waals surface area contributed by atoms with E-state index in [9.17, 15) is 9.59 Å². The van der Waals surface area contributed by atoms with Crippen LogP contribution >= 0.6 is 0 Å². The van der Waals surface area contributed by atoms with E-state index in [-0.39, 0.29) is 36.2 Å². The molecule has 1 saturated carbocycles. The van der Waals surface area contributed by atoms with Crippen molar-refractivity contribution < 1.29 is 9.59 Å². The number of hydrogen-bond acceptors (Lipinski definition) is 3. The molecule has 0 radical (unpaired) electrons. The van der Waals surface area contributed by atoms with E-state index in [2.05, 4.69) is 0 Å². The zero-order chi connectivity index (χ0) is 14.1. The number of carbonyl (C=O) groups excluding carboxylic acids is 2. The number of nitrogens with two attached hydrogens (primary N) is 1. The molecule has 1 unspecified atom stereocenters. The van der Waals surface area contributed by atoms with Crippen LogP contribution in [0.4, 0.5) is 0 Å². The van der Waals surface area contributed by atoms with E-state index in [4.69, 9.17) is 5.73 Å². The van der Waals surface area contributed by atoms with Crippen molar-refractivity contribution in [2.45, 2.75) is 50.1 Å². The van der Waals surface area contributed by atoms with E-state index in [0.717, 1.165) is 31.2 Å². The normalized spacial score (nSPS) is 30.9. The summed E-state index contributed by atoms with van der Waals surface area (Å²) in [5, 5.41) is 0. The minimum absolute atomic E-state index is 0.0637. The number of amides is 2. The highest BCUT2D eigenvalue weighted by molar-refractivity contribution is 6.06. The molecular weight excluding hydrogens is 252 g/mol. The first-order valence-corrected chi connectivity index (χ1v) is 7.35. The van der Waals surface area contributed by atoms with E-state index in [1.807, 2.05) is 30.3 Å². The van der Waals surface area contributed by atoms with Crippen LogP contribution in [0.2, 0.25) is 0 Å². The Balaban J connectivity index is 1.83. The van der Waals surface area contributed by atoms with Gasteiger partial charge in [0.1, 0.15) is 0 Å². The van der Waals surface area contributed by atoms with Gasteiger partial charge in [-0.05, 0) is 18.4 Å². The van der Waals surface area contributed by atoms with Crippen molar-refractivity contribution in [3.8, 4) is 0 Å². The summed E-state index contributed by atoms with van der Waals surface area (Å²) < 4.78 is 0. The highest BCUT2D eigenvalue weighted by atomic mass is 16.2. The molecule has 2 fully saturated rings. The summed E-state index contributed by atoms with van der Waals surface area (Å²) in [6.45, 7) is 0. The topological polar surface area (TPSA) is 63.4 Å². The second-order valence-electron chi connectivity index (χ2n) is 5.79. The first-order valence-electron chi connectivity index (χ1n) is 7.35. The summed E-state index contributed by atoms with van der Waals surface area (Å²) in [6, 6.07) is 9.40. The summed E-state index contributed by atoms with van der Waals surface area (Å²) in [6.07, 6.45) is 4.17. The molecule has 106 valence electrons. The van der Waals surface area contributed by atoms with Crippen LogP contribution in [0.3, 0.4) is 0 Å². The molecule has 1 aliphatic heterocycles. The fraction of sp³-hybridized carbons (Fsp3) is 0.500. The van der Waals surface area contributed by atoms with Crippen molar-refractivity contribution in [3.05, 3.63) is 35.9 Å². The van der Waals surface area contributed by atoms with Gasteiger partial charge >= 0.3 is 0 Å². The van der Waals surface area contributed by atoms with Crippen molar-refractivity contribution in [1.29, 1.82) is 0 Å². The second-order valence-corrected chi connectivity index (χ2v) is 5.79. The van der Waals surface area contributed by atoms with Gasteiger partial charge in [-0.1, -0.05) is 43.2 Å². The Bertz CT molecular complexity index is 514. The monoisotopic (exact) mass is 272 g/mol. The van der Waals surface area contributed by atoms with Crippen molar-refractivity contribution in [2.75, 3.05) is 0 Å². The lowest BCUT2D eigenvalue weighted by Crippen LogP contribution is -2.52. The SMILES string of the molecule is N[C@@H]1CCCC[C@H]1N1C(=O)CC(c2ccccc2)C1=O. The molecule has 4 nitrogen and oxygen atoms in total. The molecular formula is C16H20N2O2. The first-order chi connectivity index (χ1) is 9.68. The molecule has 0 spiro atoms. The molecule has 0 aromatic heterocycles. The number of carbonyl (C=O) groups is 2. The molecule has 3 atom stereocenters. The molecule has 3 rings (SSSR count). The lowest BCUT2D eigenvalue weighted by molar-refractivity contribution is -0.142. The maximum Gasteiger partial charge on any atom is 0.237 e. The van der Waals surface area contributed by atoms with Crippen molar-refractivity contribution in [3.63, 3.8) is 0 Å². The predicted octanol–water partition coefficient (Wildman–Crippen LogP) is 1.80. The fourth-order valence-corrected chi connectivity index (χ4v) is 3.41. The summed E-state index contributed by atoms with van der Waals surface area (Å²) in [7, 11) is 0. The molecule has 1 heterocycles. The Morgan fingerprint density at radius 1 is 1.05 bits per heavy atom. The van der Waals surface area contributed by atoms with Crippen molar-refractivity contribution in [2.24, 2.45) is 5.73 Å². The third-order valence-corrected chi connectivity index (χ3v) is 4.50. The molecule has 4 heteroatoms. The maximum atomic E-state index is 12.6. The third kappa shape index (κ3) is 2.24. The Kier molecular flexibility index (Phi) is 3.57. The van der Waals surface area contributed by atoms with Crippen LogP contribution in [-0.4, -0.2) is 28.8 Å². The van der Waals surface area contributed by atoms with Crippen LogP contribution in [0.15, 0.2) is 30.3 Å². The lowest BCUT2D eigenvalue weighted by atomic mass is 9.90. The molecule has 2 amide bonds. The van der Waals surface area contributed by atoms with Gasteiger partial charge in [-0.15, -0.1) is 0 Å². The van der Waals surface area contributed by atoms with E-state index in [0.29, 0.717) is 0 Å². The number of likely N-dealkylation sites (tertiary alicyclic amines) is 1. The molecule has 1 aromatic carbocycles. The molecule has 1 saturated heterocycles. The van der Waals surface area contributed by atoms with E-state index < -0.39 is 0 Å². The van der Waals surface area contributed by atoms with Crippen LogP contribution in [-0.2, 0) is 9.59 Å². The van der Waals surface area contributed by atoms with Gasteiger partial charge in [0.05, 0.1) is 12.0 Å². The summed E-state index contributed by atoms with van der Waals surface area (Å²) >= 11 is 0. The molecule has 2 aliphatic rings. The zero-order valence-electron chi connectivity index (χ0n) is 11.5.